The fourth-order valence-corrected chi connectivity index (χ4v) is 4.06. The SMILES string of the molecule is N#Cc1cccc(C2(C(=O)N[C@@H]3CC(Cn4cccn4)C[C@H]3O)CC2)c1. The minimum absolute atomic E-state index is 0.0311. The third-order valence-corrected chi connectivity index (χ3v) is 5.68. The Labute approximate surface area is 152 Å². The molecule has 0 aliphatic heterocycles. The molecule has 6 heteroatoms. The Morgan fingerprint density at radius 3 is 2.92 bits per heavy atom. The molecule has 1 aromatic heterocycles. The van der Waals surface area contributed by atoms with Crippen molar-refractivity contribution in [3.63, 3.8) is 0 Å². The molecule has 1 heterocycles. The first-order valence-electron chi connectivity index (χ1n) is 9.08. The van der Waals surface area contributed by atoms with Crippen LogP contribution in [0.5, 0.6) is 0 Å². The van der Waals surface area contributed by atoms with Crippen molar-refractivity contribution in [1.29, 1.82) is 5.26 Å². The molecule has 134 valence electrons. The number of rotatable bonds is 5. The quantitative estimate of drug-likeness (QED) is 0.859. The predicted octanol–water partition coefficient (Wildman–Crippen LogP) is 1.74. The molecule has 0 bridgehead atoms. The summed E-state index contributed by atoms with van der Waals surface area (Å²) in [4.78, 5) is 12.9. The van der Waals surface area contributed by atoms with E-state index >= 15 is 0 Å². The van der Waals surface area contributed by atoms with Crippen molar-refractivity contribution in [1.82, 2.24) is 15.1 Å². The highest BCUT2D eigenvalue weighted by molar-refractivity contribution is 5.91. The Morgan fingerprint density at radius 2 is 2.23 bits per heavy atom. The van der Waals surface area contributed by atoms with E-state index in [9.17, 15) is 9.90 Å². The Kier molecular flexibility index (Phi) is 4.25. The van der Waals surface area contributed by atoms with Crippen molar-refractivity contribution < 1.29 is 9.90 Å². The van der Waals surface area contributed by atoms with Gasteiger partial charge in [0.1, 0.15) is 0 Å². The van der Waals surface area contributed by atoms with E-state index in [0.29, 0.717) is 17.9 Å². The average molecular weight is 350 g/mol. The Morgan fingerprint density at radius 1 is 1.38 bits per heavy atom. The normalized spacial score (nSPS) is 26.2. The van der Waals surface area contributed by atoms with Gasteiger partial charge in [-0.25, -0.2) is 0 Å². The largest absolute Gasteiger partial charge is 0.391 e. The highest BCUT2D eigenvalue weighted by atomic mass is 16.3. The summed E-state index contributed by atoms with van der Waals surface area (Å²) in [6.45, 7) is 0.756. The van der Waals surface area contributed by atoms with E-state index in [1.807, 2.05) is 29.1 Å². The number of amides is 1. The highest BCUT2D eigenvalue weighted by Crippen LogP contribution is 2.49. The van der Waals surface area contributed by atoms with Crippen molar-refractivity contribution in [2.24, 2.45) is 5.92 Å². The number of nitrogens with zero attached hydrogens (tertiary/aromatic N) is 3. The first kappa shape index (κ1) is 16.8. The first-order valence-corrected chi connectivity index (χ1v) is 9.08. The summed E-state index contributed by atoms with van der Waals surface area (Å²) in [6, 6.07) is 11.1. The van der Waals surface area contributed by atoms with Crippen LogP contribution in [-0.4, -0.2) is 32.9 Å². The smallest absolute Gasteiger partial charge is 0.230 e. The lowest BCUT2D eigenvalue weighted by Gasteiger charge is -2.22. The molecule has 2 aliphatic carbocycles. The lowest BCUT2D eigenvalue weighted by Crippen LogP contribution is -2.45. The van der Waals surface area contributed by atoms with Crippen molar-refractivity contribution in [3.05, 3.63) is 53.9 Å². The minimum atomic E-state index is -0.535. The molecule has 2 N–H and O–H groups in total. The molecule has 0 radical (unpaired) electrons. The van der Waals surface area contributed by atoms with Gasteiger partial charge in [-0.15, -0.1) is 0 Å². The number of nitrogens with one attached hydrogen (secondary N) is 1. The molecule has 2 fully saturated rings. The second kappa shape index (κ2) is 6.58. The maximum Gasteiger partial charge on any atom is 0.230 e. The maximum absolute atomic E-state index is 12.9. The number of aromatic nitrogens is 2. The summed E-state index contributed by atoms with van der Waals surface area (Å²) in [6.07, 6.45) is 6.13. The standard InChI is InChI=1S/C20H22N4O2/c21-12-14-3-1-4-16(9-14)20(5-6-20)19(26)23-17-10-15(11-18(17)25)13-24-8-2-7-22-24/h1-4,7-9,15,17-18,25H,5-6,10-11,13H2,(H,23,26)/t15?,17-,18-/m1/s1. The molecule has 6 nitrogen and oxygen atoms in total. The van der Waals surface area contributed by atoms with Crippen molar-refractivity contribution >= 4 is 5.91 Å². The molecule has 0 saturated heterocycles. The van der Waals surface area contributed by atoms with Gasteiger partial charge in [0.15, 0.2) is 0 Å². The van der Waals surface area contributed by atoms with Crippen LogP contribution in [0.4, 0.5) is 0 Å². The van der Waals surface area contributed by atoms with E-state index in [1.165, 1.54) is 0 Å². The molecule has 1 aromatic carbocycles. The molecule has 2 aliphatic rings. The van der Waals surface area contributed by atoms with Crippen LogP contribution >= 0.6 is 0 Å². The van der Waals surface area contributed by atoms with E-state index in [-0.39, 0.29) is 11.9 Å². The van der Waals surface area contributed by atoms with Gasteiger partial charge in [-0.05, 0) is 55.4 Å². The summed E-state index contributed by atoms with van der Waals surface area (Å²) < 4.78 is 1.87. The summed E-state index contributed by atoms with van der Waals surface area (Å²) in [5.74, 6) is 0.267. The zero-order chi connectivity index (χ0) is 18.1. The summed E-state index contributed by atoms with van der Waals surface area (Å²) in [5.41, 5.74) is 0.934. The van der Waals surface area contributed by atoms with Gasteiger partial charge in [-0.1, -0.05) is 12.1 Å². The van der Waals surface area contributed by atoms with E-state index in [4.69, 9.17) is 5.26 Å². The molecule has 26 heavy (non-hydrogen) atoms. The van der Waals surface area contributed by atoms with Crippen LogP contribution in [0.3, 0.4) is 0 Å². The van der Waals surface area contributed by atoms with Crippen LogP contribution in [0.2, 0.25) is 0 Å². The van der Waals surface area contributed by atoms with Crippen molar-refractivity contribution in [2.75, 3.05) is 0 Å². The number of benzene rings is 1. The number of aliphatic hydroxyl groups excluding tert-OH is 1. The molecule has 4 rings (SSSR count). The molecule has 3 atom stereocenters. The van der Waals surface area contributed by atoms with Gasteiger partial charge in [0, 0.05) is 18.9 Å². The van der Waals surface area contributed by atoms with Crippen LogP contribution in [0.1, 0.15) is 36.8 Å². The molecule has 2 saturated carbocycles. The number of carbonyl (C=O) groups excluding carboxylic acids is 1. The highest BCUT2D eigenvalue weighted by Gasteiger charge is 2.52. The zero-order valence-corrected chi connectivity index (χ0v) is 14.5. The summed E-state index contributed by atoms with van der Waals surface area (Å²) >= 11 is 0. The Bertz CT molecular complexity index is 836. The van der Waals surface area contributed by atoms with Gasteiger partial charge in [0.2, 0.25) is 5.91 Å². The second-order valence-electron chi connectivity index (χ2n) is 7.49. The van der Waals surface area contributed by atoms with Gasteiger partial charge in [-0.2, -0.15) is 10.4 Å². The Hall–Kier alpha value is -2.65. The third-order valence-electron chi connectivity index (χ3n) is 5.68. The monoisotopic (exact) mass is 350 g/mol. The van der Waals surface area contributed by atoms with Crippen LogP contribution < -0.4 is 5.32 Å². The summed E-state index contributed by atoms with van der Waals surface area (Å²) in [7, 11) is 0. The van der Waals surface area contributed by atoms with Crippen LogP contribution in [0.25, 0.3) is 0 Å². The van der Waals surface area contributed by atoms with E-state index < -0.39 is 11.5 Å². The third kappa shape index (κ3) is 3.11. The van der Waals surface area contributed by atoms with Crippen LogP contribution in [0, 0.1) is 17.2 Å². The second-order valence-corrected chi connectivity index (χ2v) is 7.49. The predicted molar refractivity (Wildman–Crippen MR) is 95.0 cm³/mol. The number of aliphatic hydroxyl groups is 1. The van der Waals surface area contributed by atoms with Crippen LogP contribution in [0.15, 0.2) is 42.7 Å². The van der Waals surface area contributed by atoms with Crippen molar-refractivity contribution in [3.8, 4) is 6.07 Å². The fraction of sp³-hybridized carbons (Fsp3) is 0.450. The molecular formula is C20H22N4O2. The molecule has 2 aromatic rings. The lowest BCUT2D eigenvalue weighted by atomic mass is 9.93. The number of hydrogen-bond donors (Lipinski definition) is 2. The van der Waals surface area contributed by atoms with E-state index in [0.717, 1.165) is 31.4 Å². The minimum Gasteiger partial charge on any atom is -0.391 e. The van der Waals surface area contributed by atoms with Crippen LogP contribution in [-0.2, 0) is 16.8 Å². The van der Waals surface area contributed by atoms with Gasteiger partial charge >= 0.3 is 0 Å². The number of hydrogen-bond acceptors (Lipinski definition) is 4. The van der Waals surface area contributed by atoms with E-state index in [1.54, 1.807) is 18.3 Å². The van der Waals surface area contributed by atoms with Gasteiger partial charge in [-0.3, -0.25) is 9.48 Å². The average Bonchev–Trinajstić information content (AvgIpc) is 3.19. The number of carbonyl (C=O) groups is 1. The molecule has 1 unspecified atom stereocenters. The zero-order valence-electron chi connectivity index (χ0n) is 14.5. The van der Waals surface area contributed by atoms with Gasteiger partial charge < -0.3 is 10.4 Å². The number of nitriles is 1. The Balaban J connectivity index is 1.42. The van der Waals surface area contributed by atoms with Gasteiger partial charge in [0.25, 0.3) is 0 Å². The van der Waals surface area contributed by atoms with E-state index in [2.05, 4.69) is 16.5 Å². The lowest BCUT2D eigenvalue weighted by molar-refractivity contribution is -0.125. The maximum atomic E-state index is 12.9. The topological polar surface area (TPSA) is 90.9 Å². The fourth-order valence-electron chi connectivity index (χ4n) is 4.06. The summed E-state index contributed by atoms with van der Waals surface area (Å²) in [5, 5.41) is 26.8. The molecule has 1 amide bonds. The first-order chi connectivity index (χ1) is 12.6. The molecule has 0 spiro atoms. The molecular weight excluding hydrogens is 328 g/mol. The van der Waals surface area contributed by atoms with Crippen molar-refractivity contribution in [2.45, 2.75) is 49.8 Å². The van der Waals surface area contributed by atoms with Gasteiger partial charge in [0.05, 0.1) is 29.2 Å².